The van der Waals surface area contributed by atoms with Crippen molar-refractivity contribution in [3.63, 3.8) is 0 Å². The van der Waals surface area contributed by atoms with Gasteiger partial charge in [0, 0.05) is 0 Å². The van der Waals surface area contributed by atoms with Crippen LogP contribution in [0.4, 0.5) is 0 Å². The summed E-state index contributed by atoms with van der Waals surface area (Å²) >= 11 is 0. The maximum absolute atomic E-state index is 12.0. The number of hydrogen-bond acceptors (Lipinski definition) is 2. The van der Waals surface area contributed by atoms with E-state index in [-0.39, 0.29) is 17.9 Å². The minimum Gasteiger partial charge on any atom is -0.348 e. The van der Waals surface area contributed by atoms with Crippen molar-refractivity contribution in [3.05, 3.63) is 35.4 Å². The van der Waals surface area contributed by atoms with E-state index >= 15 is 0 Å². The second kappa shape index (κ2) is 6.55. The highest BCUT2D eigenvalue weighted by Gasteiger charge is 2.21. The molecule has 3 nitrogen and oxygen atoms in total. The molecule has 0 heterocycles. The van der Waals surface area contributed by atoms with Gasteiger partial charge in [0.25, 0.3) is 0 Å². The van der Waals surface area contributed by atoms with Crippen LogP contribution in [0.15, 0.2) is 24.3 Å². The number of nitrogens with two attached hydrogens (primary N) is 1. The molecule has 1 rings (SSSR count). The SMILES string of the molecule is CCC(C)C(N)C(=O)N[C@@H](C)c1cccc(C)c1. The van der Waals surface area contributed by atoms with Gasteiger partial charge in [0.05, 0.1) is 12.1 Å². The normalized spacial score (nSPS) is 15.8. The highest BCUT2D eigenvalue weighted by Crippen LogP contribution is 2.14. The lowest BCUT2D eigenvalue weighted by atomic mass is 9.98. The van der Waals surface area contributed by atoms with Crippen LogP contribution in [-0.2, 0) is 4.79 Å². The fourth-order valence-corrected chi connectivity index (χ4v) is 1.84. The van der Waals surface area contributed by atoms with Crippen LogP contribution in [0.3, 0.4) is 0 Å². The summed E-state index contributed by atoms with van der Waals surface area (Å²) in [5.74, 6) is 0.132. The van der Waals surface area contributed by atoms with Crippen molar-refractivity contribution in [2.75, 3.05) is 0 Å². The van der Waals surface area contributed by atoms with Gasteiger partial charge in [-0.1, -0.05) is 50.1 Å². The van der Waals surface area contributed by atoms with Crippen molar-refractivity contribution in [2.45, 2.75) is 46.2 Å². The van der Waals surface area contributed by atoms with E-state index in [0.29, 0.717) is 0 Å². The van der Waals surface area contributed by atoms with E-state index < -0.39 is 6.04 Å². The number of carbonyl (C=O) groups is 1. The predicted molar refractivity (Wildman–Crippen MR) is 75.2 cm³/mol. The summed E-state index contributed by atoms with van der Waals surface area (Å²) in [5.41, 5.74) is 8.22. The fraction of sp³-hybridized carbons (Fsp3) is 0.533. The standard InChI is InChI=1S/C15H24N2O/c1-5-11(3)14(16)15(18)17-12(4)13-8-6-7-10(2)9-13/h6-9,11-12,14H,5,16H2,1-4H3,(H,17,18)/t11?,12-,14?/m0/s1. The lowest BCUT2D eigenvalue weighted by Crippen LogP contribution is -2.45. The Labute approximate surface area is 110 Å². The molecule has 3 N–H and O–H groups in total. The third-order valence-corrected chi connectivity index (χ3v) is 3.46. The zero-order valence-electron chi connectivity index (χ0n) is 11.7. The first kappa shape index (κ1) is 14.7. The highest BCUT2D eigenvalue weighted by molar-refractivity contribution is 5.82. The van der Waals surface area contributed by atoms with Crippen molar-refractivity contribution in [2.24, 2.45) is 11.7 Å². The molecule has 1 aromatic rings. The molecule has 0 aliphatic rings. The van der Waals surface area contributed by atoms with Crippen LogP contribution in [0, 0.1) is 12.8 Å². The zero-order chi connectivity index (χ0) is 13.7. The Bertz CT molecular complexity index is 403. The molecule has 0 aliphatic heterocycles. The van der Waals surface area contributed by atoms with Gasteiger partial charge in [0.2, 0.25) is 5.91 Å². The summed E-state index contributed by atoms with van der Waals surface area (Å²) in [6.07, 6.45) is 0.910. The van der Waals surface area contributed by atoms with Gasteiger partial charge in [0.1, 0.15) is 0 Å². The van der Waals surface area contributed by atoms with Crippen LogP contribution >= 0.6 is 0 Å². The first-order valence-corrected chi connectivity index (χ1v) is 6.58. The fourth-order valence-electron chi connectivity index (χ4n) is 1.84. The molecule has 0 spiro atoms. The lowest BCUT2D eigenvalue weighted by molar-refractivity contribution is -0.124. The molecule has 2 unspecified atom stereocenters. The number of aryl methyl sites for hydroxylation is 1. The topological polar surface area (TPSA) is 55.1 Å². The van der Waals surface area contributed by atoms with E-state index in [1.165, 1.54) is 5.56 Å². The Hall–Kier alpha value is -1.35. The molecule has 0 aromatic heterocycles. The third-order valence-electron chi connectivity index (χ3n) is 3.46. The predicted octanol–water partition coefficient (Wildman–Crippen LogP) is 2.55. The second-order valence-corrected chi connectivity index (χ2v) is 5.06. The molecule has 0 aliphatic carbocycles. The average Bonchev–Trinajstić information content (AvgIpc) is 2.36. The monoisotopic (exact) mass is 248 g/mol. The molecule has 1 aromatic carbocycles. The van der Waals surface area contributed by atoms with E-state index in [1.54, 1.807) is 0 Å². The molecular weight excluding hydrogens is 224 g/mol. The minimum atomic E-state index is -0.428. The van der Waals surface area contributed by atoms with Gasteiger partial charge in [-0.05, 0) is 25.3 Å². The van der Waals surface area contributed by atoms with E-state index in [0.717, 1.165) is 12.0 Å². The second-order valence-electron chi connectivity index (χ2n) is 5.06. The Morgan fingerprint density at radius 2 is 2.06 bits per heavy atom. The van der Waals surface area contributed by atoms with Gasteiger partial charge < -0.3 is 11.1 Å². The van der Waals surface area contributed by atoms with Crippen molar-refractivity contribution in [3.8, 4) is 0 Å². The molecule has 3 heteroatoms. The van der Waals surface area contributed by atoms with Crippen LogP contribution in [0.1, 0.15) is 44.4 Å². The molecule has 0 bridgehead atoms. The lowest BCUT2D eigenvalue weighted by Gasteiger charge is -2.21. The van der Waals surface area contributed by atoms with Gasteiger partial charge >= 0.3 is 0 Å². The number of benzene rings is 1. The summed E-state index contributed by atoms with van der Waals surface area (Å²) in [6.45, 7) is 8.07. The molecular formula is C15H24N2O. The molecule has 100 valence electrons. The third kappa shape index (κ3) is 3.84. The number of nitrogens with one attached hydrogen (secondary N) is 1. The molecule has 18 heavy (non-hydrogen) atoms. The van der Waals surface area contributed by atoms with Crippen LogP contribution in [0.25, 0.3) is 0 Å². The van der Waals surface area contributed by atoms with Crippen LogP contribution < -0.4 is 11.1 Å². The maximum atomic E-state index is 12.0. The Morgan fingerprint density at radius 3 is 2.61 bits per heavy atom. The molecule has 0 saturated heterocycles. The largest absolute Gasteiger partial charge is 0.348 e. The van der Waals surface area contributed by atoms with Crippen molar-refractivity contribution in [1.82, 2.24) is 5.32 Å². The smallest absolute Gasteiger partial charge is 0.237 e. The molecule has 0 saturated carbocycles. The Kier molecular flexibility index (Phi) is 5.35. The number of hydrogen-bond donors (Lipinski definition) is 2. The van der Waals surface area contributed by atoms with Gasteiger partial charge in [-0.25, -0.2) is 0 Å². The van der Waals surface area contributed by atoms with Crippen molar-refractivity contribution < 1.29 is 4.79 Å². The summed E-state index contributed by atoms with van der Waals surface area (Å²) in [6, 6.07) is 7.71. The van der Waals surface area contributed by atoms with E-state index in [4.69, 9.17) is 5.73 Å². The maximum Gasteiger partial charge on any atom is 0.237 e. The quantitative estimate of drug-likeness (QED) is 0.841. The first-order valence-electron chi connectivity index (χ1n) is 6.58. The Morgan fingerprint density at radius 1 is 1.39 bits per heavy atom. The van der Waals surface area contributed by atoms with E-state index in [2.05, 4.69) is 11.4 Å². The molecule has 0 radical (unpaired) electrons. The van der Waals surface area contributed by atoms with Gasteiger partial charge in [-0.3, -0.25) is 4.79 Å². The summed E-state index contributed by atoms with van der Waals surface area (Å²) in [4.78, 5) is 12.0. The molecule has 1 amide bonds. The number of amides is 1. The van der Waals surface area contributed by atoms with Gasteiger partial charge in [-0.15, -0.1) is 0 Å². The zero-order valence-corrected chi connectivity index (χ0v) is 11.7. The highest BCUT2D eigenvalue weighted by atomic mass is 16.2. The summed E-state index contributed by atoms with van der Waals surface area (Å²) < 4.78 is 0. The van der Waals surface area contributed by atoms with Crippen molar-refractivity contribution >= 4 is 5.91 Å². The van der Waals surface area contributed by atoms with Crippen LogP contribution in [-0.4, -0.2) is 11.9 Å². The molecule has 0 fully saturated rings. The number of carbonyl (C=O) groups excluding carboxylic acids is 1. The van der Waals surface area contributed by atoms with Crippen LogP contribution in [0.2, 0.25) is 0 Å². The minimum absolute atomic E-state index is 0.00694. The number of rotatable bonds is 5. The average molecular weight is 248 g/mol. The van der Waals surface area contributed by atoms with Crippen LogP contribution in [0.5, 0.6) is 0 Å². The Balaban J connectivity index is 2.65. The van der Waals surface area contributed by atoms with E-state index in [9.17, 15) is 4.79 Å². The summed E-state index contributed by atoms with van der Waals surface area (Å²) in [5, 5.41) is 2.97. The first-order chi connectivity index (χ1) is 8.45. The summed E-state index contributed by atoms with van der Waals surface area (Å²) in [7, 11) is 0. The molecule has 3 atom stereocenters. The van der Waals surface area contributed by atoms with Gasteiger partial charge in [0.15, 0.2) is 0 Å². The van der Waals surface area contributed by atoms with E-state index in [1.807, 2.05) is 45.9 Å². The van der Waals surface area contributed by atoms with Gasteiger partial charge in [-0.2, -0.15) is 0 Å². The van der Waals surface area contributed by atoms with Crippen molar-refractivity contribution in [1.29, 1.82) is 0 Å².